The summed E-state index contributed by atoms with van der Waals surface area (Å²) in [4.78, 5) is 22.8. The predicted molar refractivity (Wildman–Crippen MR) is 91.1 cm³/mol. The van der Waals surface area contributed by atoms with E-state index in [2.05, 4.69) is 22.2 Å². The van der Waals surface area contributed by atoms with Gasteiger partial charge in [-0.2, -0.15) is 0 Å². The van der Waals surface area contributed by atoms with E-state index in [1.165, 1.54) is 12.6 Å². The fraction of sp³-hybridized carbons (Fsp3) is 0.353. The zero-order chi connectivity index (χ0) is 16.2. The number of likely N-dealkylation sites (tertiary alicyclic amines) is 1. The molecule has 1 aliphatic heterocycles. The van der Waals surface area contributed by atoms with Crippen molar-refractivity contribution in [2.24, 2.45) is 5.92 Å². The highest BCUT2D eigenvalue weighted by Gasteiger charge is 2.23. The molecule has 0 radical (unpaired) electrons. The van der Waals surface area contributed by atoms with E-state index in [0.29, 0.717) is 22.5 Å². The van der Waals surface area contributed by atoms with Crippen molar-refractivity contribution in [3.8, 4) is 0 Å². The molecule has 3 rings (SSSR count). The van der Waals surface area contributed by atoms with Crippen molar-refractivity contribution >= 4 is 29.0 Å². The van der Waals surface area contributed by atoms with Crippen molar-refractivity contribution in [2.45, 2.75) is 19.8 Å². The molecule has 1 aromatic carbocycles. The fourth-order valence-corrected chi connectivity index (χ4v) is 2.85. The van der Waals surface area contributed by atoms with Crippen molar-refractivity contribution in [1.29, 1.82) is 0 Å². The molecule has 1 aliphatic rings. The van der Waals surface area contributed by atoms with Gasteiger partial charge in [-0.15, -0.1) is 0 Å². The summed E-state index contributed by atoms with van der Waals surface area (Å²) in [6.07, 6.45) is 5.34. The van der Waals surface area contributed by atoms with E-state index in [0.717, 1.165) is 25.2 Å². The Morgan fingerprint density at radius 2 is 2.04 bits per heavy atom. The summed E-state index contributed by atoms with van der Waals surface area (Å²) in [5.41, 5.74) is 1.26. The second-order valence-corrected chi connectivity index (χ2v) is 6.35. The van der Waals surface area contributed by atoms with Gasteiger partial charge in [0, 0.05) is 23.8 Å². The maximum atomic E-state index is 12.4. The minimum atomic E-state index is -0.0397. The molecule has 0 saturated carbocycles. The highest BCUT2D eigenvalue weighted by molar-refractivity contribution is 6.30. The quantitative estimate of drug-likeness (QED) is 0.931. The summed E-state index contributed by atoms with van der Waals surface area (Å²) in [7, 11) is 0. The SMILES string of the molecule is CC1CCCN(C(=O)c2cnc(Nc3ccc(Cl)cc3)cn2)C1. The molecule has 5 nitrogen and oxygen atoms in total. The van der Waals surface area contributed by atoms with Crippen LogP contribution in [0.2, 0.25) is 5.02 Å². The Hall–Kier alpha value is -2.14. The van der Waals surface area contributed by atoms with Crippen molar-refractivity contribution < 1.29 is 4.79 Å². The van der Waals surface area contributed by atoms with Gasteiger partial charge in [0.05, 0.1) is 12.4 Å². The Labute approximate surface area is 140 Å². The molecule has 120 valence electrons. The van der Waals surface area contributed by atoms with E-state index in [4.69, 9.17) is 11.6 Å². The summed E-state index contributed by atoms with van der Waals surface area (Å²) in [6.45, 7) is 3.77. The molecule has 1 saturated heterocycles. The molecule has 1 amide bonds. The Morgan fingerprint density at radius 1 is 1.26 bits per heavy atom. The highest BCUT2D eigenvalue weighted by Crippen LogP contribution is 2.19. The van der Waals surface area contributed by atoms with Crippen LogP contribution in [0.25, 0.3) is 0 Å². The van der Waals surface area contributed by atoms with Gasteiger partial charge in [0.25, 0.3) is 5.91 Å². The van der Waals surface area contributed by atoms with E-state index in [-0.39, 0.29) is 5.91 Å². The molecule has 2 heterocycles. The monoisotopic (exact) mass is 330 g/mol. The van der Waals surface area contributed by atoms with Crippen molar-refractivity contribution in [3.63, 3.8) is 0 Å². The van der Waals surface area contributed by atoms with E-state index in [1.807, 2.05) is 17.0 Å². The molecule has 1 fully saturated rings. The number of carbonyl (C=O) groups excluding carboxylic acids is 1. The molecular formula is C17H19ClN4O. The minimum Gasteiger partial charge on any atom is -0.339 e. The second kappa shape index (κ2) is 6.96. The van der Waals surface area contributed by atoms with Crippen molar-refractivity contribution in [2.75, 3.05) is 18.4 Å². The third-order valence-electron chi connectivity index (χ3n) is 3.93. The number of amides is 1. The molecule has 0 spiro atoms. The number of halogens is 1. The maximum absolute atomic E-state index is 12.4. The van der Waals surface area contributed by atoms with Crippen LogP contribution in [-0.2, 0) is 0 Å². The number of anilines is 2. The number of nitrogens with zero attached hydrogens (tertiary/aromatic N) is 3. The summed E-state index contributed by atoms with van der Waals surface area (Å²) in [6, 6.07) is 7.32. The van der Waals surface area contributed by atoms with Gasteiger partial charge in [0.1, 0.15) is 11.5 Å². The van der Waals surface area contributed by atoms with E-state index < -0.39 is 0 Å². The van der Waals surface area contributed by atoms with Gasteiger partial charge >= 0.3 is 0 Å². The smallest absolute Gasteiger partial charge is 0.274 e. The number of aromatic nitrogens is 2. The first-order chi connectivity index (χ1) is 11.1. The number of hydrogen-bond donors (Lipinski definition) is 1. The largest absolute Gasteiger partial charge is 0.339 e. The Bertz CT molecular complexity index is 672. The number of rotatable bonds is 3. The third kappa shape index (κ3) is 3.99. The maximum Gasteiger partial charge on any atom is 0.274 e. The van der Waals surface area contributed by atoms with Gasteiger partial charge in [-0.05, 0) is 43.0 Å². The molecule has 1 aromatic heterocycles. The normalized spacial score (nSPS) is 17.8. The van der Waals surface area contributed by atoms with Crippen LogP contribution >= 0.6 is 11.6 Å². The number of carbonyl (C=O) groups is 1. The lowest BCUT2D eigenvalue weighted by Gasteiger charge is -2.30. The van der Waals surface area contributed by atoms with Crippen molar-refractivity contribution in [3.05, 3.63) is 47.4 Å². The summed E-state index contributed by atoms with van der Waals surface area (Å²) in [5.74, 6) is 1.10. The first-order valence-corrected chi connectivity index (χ1v) is 8.13. The highest BCUT2D eigenvalue weighted by atomic mass is 35.5. The number of nitrogens with one attached hydrogen (secondary N) is 1. The molecule has 1 unspecified atom stereocenters. The van der Waals surface area contributed by atoms with Gasteiger partial charge < -0.3 is 10.2 Å². The van der Waals surface area contributed by atoms with Gasteiger partial charge in [-0.25, -0.2) is 9.97 Å². The first-order valence-electron chi connectivity index (χ1n) is 7.76. The average Bonchev–Trinajstić information content (AvgIpc) is 2.57. The standard InChI is InChI=1S/C17H19ClN4O/c1-12-3-2-8-22(11-12)17(23)15-9-20-16(10-19-15)21-14-6-4-13(18)5-7-14/h4-7,9-10,12H,2-3,8,11H2,1H3,(H,20,21). The van der Waals surface area contributed by atoms with Crippen molar-refractivity contribution in [1.82, 2.24) is 14.9 Å². The summed E-state index contributed by atoms with van der Waals surface area (Å²) in [5, 5.41) is 3.81. The van der Waals surface area contributed by atoms with Gasteiger partial charge in [-0.1, -0.05) is 18.5 Å². The lowest BCUT2D eigenvalue weighted by Crippen LogP contribution is -2.39. The number of benzene rings is 1. The van der Waals surface area contributed by atoms with Crippen LogP contribution in [0.4, 0.5) is 11.5 Å². The van der Waals surface area contributed by atoms with Gasteiger partial charge in [0.15, 0.2) is 0 Å². The number of piperidine rings is 1. The van der Waals surface area contributed by atoms with E-state index >= 15 is 0 Å². The van der Waals surface area contributed by atoms with Gasteiger partial charge in [0.2, 0.25) is 0 Å². The van der Waals surface area contributed by atoms with Crippen LogP contribution in [0.5, 0.6) is 0 Å². The van der Waals surface area contributed by atoms with E-state index in [9.17, 15) is 4.79 Å². The van der Waals surface area contributed by atoms with E-state index in [1.54, 1.807) is 18.3 Å². The topological polar surface area (TPSA) is 58.1 Å². The predicted octanol–water partition coefficient (Wildman–Crippen LogP) is 3.75. The molecule has 0 bridgehead atoms. The zero-order valence-corrected chi connectivity index (χ0v) is 13.8. The molecule has 1 atom stereocenters. The first kappa shape index (κ1) is 15.7. The summed E-state index contributed by atoms with van der Waals surface area (Å²) >= 11 is 5.86. The van der Waals surface area contributed by atoms with Crippen LogP contribution in [0, 0.1) is 5.92 Å². The molecule has 6 heteroatoms. The lowest BCUT2D eigenvalue weighted by molar-refractivity contribution is 0.0676. The van der Waals surface area contributed by atoms with Crippen LogP contribution in [-0.4, -0.2) is 33.9 Å². The minimum absolute atomic E-state index is 0.0397. The molecular weight excluding hydrogens is 312 g/mol. The molecule has 23 heavy (non-hydrogen) atoms. The number of hydrogen-bond acceptors (Lipinski definition) is 4. The van der Waals surface area contributed by atoms with Crippen LogP contribution in [0.15, 0.2) is 36.7 Å². The lowest BCUT2D eigenvalue weighted by atomic mass is 10.0. The average molecular weight is 331 g/mol. The zero-order valence-electron chi connectivity index (χ0n) is 13.0. The molecule has 1 N–H and O–H groups in total. The molecule has 0 aliphatic carbocycles. The van der Waals surface area contributed by atoms with Crippen LogP contribution < -0.4 is 5.32 Å². The van der Waals surface area contributed by atoms with Crippen LogP contribution in [0.3, 0.4) is 0 Å². The third-order valence-corrected chi connectivity index (χ3v) is 4.18. The second-order valence-electron chi connectivity index (χ2n) is 5.92. The molecule has 2 aromatic rings. The van der Waals surface area contributed by atoms with Gasteiger partial charge in [-0.3, -0.25) is 4.79 Å². The Morgan fingerprint density at radius 3 is 2.70 bits per heavy atom. The summed E-state index contributed by atoms with van der Waals surface area (Å²) < 4.78 is 0. The Balaban J connectivity index is 1.66. The van der Waals surface area contributed by atoms with Crippen LogP contribution in [0.1, 0.15) is 30.3 Å². The fourth-order valence-electron chi connectivity index (χ4n) is 2.72. The Kier molecular flexibility index (Phi) is 4.76.